The first-order chi connectivity index (χ1) is 11.6. The van der Waals surface area contributed by atoms with Crippen molar-refractivity contribution in [1.29, 1.82) is 0 Å². The largest absolute Gasteiger partial charge is 0.496 e. The van der Waals surface area contributed by atoms with Crippen molar-refractivity contribution in [3.05, 3.63) is 29.8 Å². The Labute approximate surface area is 141 Å². The van der Waals surface area contributed by atoms with E-state index >= 15 is 0 Å². The van der Waals surface area contributed by atoms with Crippen molar-refractivity contribution in [3.8, 4) is 5.75 Å². The van der Waals surface area contributed by atoms with Crippen molar-refractivity contribution < 1.29 is 24.5 Å². The van der Waals surface area contributed by atoms with E-state index in [4.69, 9.17) is 14.9 Å². The van der Waals surface area contributed by atoms with Gasteiger partial charge in [0.1, 0.15) is 5.75 Å². The lowest BCUT2D eigenvalue weighted by Crippen LogP contribution is -2.49. The number of nitrogens with one attached hydrogen (secondary N) is 1. The molecule has 24 heavy (non-hydrogen) atoms. The van der Waals surface area contributed by atoms with Crippen molar-refractivity contribution in [2.45, 2.75) is 25.4 Å². The van der Waals surface area contributed by atoms with Crippen molar-refractivity contribution in [2.75, 3.05) is 26.9 Å². The van der Waals surface area contributed by atoms with Crippen LogP contribution >= 0.6 is 0 Å². The first-order valence-corrected chi connectivity index (χ1v) is 8.00. The molecule has 7 heteroatoms. The Kier molecular flexibility index (Phi) is 6.57. The number of aliphatic hydroxyl groups is 2. The maximum atomic E-state index is 12.3. The predicted molar refractivity (Wildman–Crippen MR) is 87.2 cm³/mol. The highest BCUT2D eigenvalue weighted by Crippen LogP contribution is 2.24. The third-order valence-electron chi connectivity index (χ3n) is 4.21. The van der Waals surface area contributed by atoms with E-state index in [-0.39, 0.29) is 30.9 Å². The van der Waals surface area contributed by atoms with E-state index in [1.165, 1.54) is 0 Å². The highest BCUT2D eigenvalue weighted by atomic mass is 16.5. The number of methoxy groups -OCH3 is 1. The fourth-order valence-corrected chi connectivity index (χ4v) is 2.79. The van der Waals surface area contributed by atoms with Crippen LogP contribution in [0.3, 0.4) is 0 Å². The summed E-state index contributed by atoms with van der Waals surface area (Å²) in [5.41, 5.74) is 0.887. The Morgan fingerprint density at radius 3 is 2.75 bits per heavy atom. The number of amides is 2. The zero-order chi connectivity index (χ0) is 17.5. The molecule has 1 heterocycles. The number of piperidine rings is 1. The quantitative estimate of drug-likeness (QED) is 0.646. The molecule has 1 saturated heterocycles. The molecule has 0 saturated carbocycles. The van der Waals surface area contributed by atoms with Gasteiger partial charge < -0.3 is 25.2 Å². The molecule has 1 aromatic carbocycles. The van der Waals surface area contributed by atoms with E-state index in [1.807, 2.05) is 24.3 Å². The second-order valence-corrected chi connectivity index (χ2v) is 5.89. The summed E-state index contributed by atoms with van der Waals surface area (Å²) in [6.07, 6.45) is 0.771. The minimum absolute atomic E-state index is 0.00539. The van der Waals surface area contributed by atoms with E-state index in [0.29, 0.717) is 31.7 Å². The summed E-state index contributed by atoms with van der Waals surface area (Å²) in [6, 6.07) is 6.80. The average molecular weight is 336 g/mol. The van der Waals surface area contributed by atoms with Gasteiger partial charge in [0.05, 0.1) is 32.3 Å². The van der Waals surface area contributed by atoms with E-state index in [0.717, 1.165) is 5.56 Å². The zero-order valence-corrected chi connectivity index (χ0v) is 13.8. The molecule has 132 valence electrons. The maximum absolute atomic E-state index is 12.3. The lowest BCUT2D eigenvalue weighted by molar-refractivity contribution is -0.139. The third-order valence-corrected chi connectivity index (χ3v) is 4.21. The average Bonchev–Trinajstić information content (AvgIpc) is 2.61. The van der Waals surface area contributed by atoms with Crippen LogP contribution in [-0.2, 0) is 16.1 Å². The Bertz CT molecular complexity index is 574. The van der Waals surface area contributed by atoms with Gasteiger partial charge in [-0.2, -0.15) is 0 Å². The first kappa shape index (κ1) is 18.2. The normalized spacial score (nSPS) is 17.9. The number of hydrogen-bond donors (Lipinski definition) is 3. The van der Waals surface area contributed by atoms with Gasteiger partial charge in [-0.15, -0.1) is 0 Å². The molecule has 1 aliphatic heterocycles. The summed E-state index contributed by atoms with van der Waals surface area (Å²) < 4.78 is 5.31. The van der Waals surface area contributed by atoms with Gasteiger partial charge in [0.2, 0.25) is 11.8 Å². The van der Waals surface area contributed by atoms with Crippen LogP contribution in [0.4, 0.5) is 0 Å². The summed E-state index contributed by atoms with van der Waals surface area (Å²) in [6.45, 7) is 0.0555. The number of aliphatic hydroxyl groups excluding tert-OH is 2. The molecule has 3 N–H and O–H groups in total. The van der Waals surface area contributed by atoms with Gasteiger partial charge in [-0.25, -0.2) is 0 Å². The number of benzene rings is 1. The minimum Gasteiger partial charge on any atom is -0.496 e. The van der Waals surface area contributed by atoms with Crippen LogP contribution in [0.25, 0.3) is 0 Å². The molecule has 0 bridgehead atoms. The molecule has 7 nitrogen and oxygen atoms in total. The van der Waals surface area contributed by atoms with Gasteiger partial charge in [0.25, 0.3) is 0 Å². The molecule has 2 rings (SSSR count). The van der Waals surface area contributed by atoms with E-state index < -0.39 is 6.04 Å². The van der Waals surface area contributed by atoms with Gasteiger partial charge in [-0.3, -0.25) is 9.59 Å². The number of likely N-dealkylation sites (tertiary alicyclic amines) is 1. The summed E-state index contributed by atoms with van der Waals surface area (Å²) in [5, 5.41) is 20.7. The van der Waals surface area contributed by atoms with E-state index in [9.17, 15) is 9.59 Å². The smallest absolute Gasteiger partial charge is 0.225 e. The van der Waals surface area contributed by atoms with Crippen molar-refractivity contribution in [2.24, 2.45) is 5.92 Å². The number of carbonyl (C=O) groups excluding carboxylic acids is 2. The molecular formula is C17H24N2O5. The Balaban J connectivity index is 2.02. The zero-order valence-electron chi connectivity index (χ0n) is 13.8. The monoisotopic (exact) mass is 336 g/mol. The van der Waals surface area contributed by atoms with Crippen LogP contribution in [0.1, 0.15) is 18.4 Å². The van der Waals surface area contributed by atoms with E-state index in [1.54, 1.807) is 12.0 Å². The molecule has 2 amide bonds. The first-order valence-electron chi connectivity index (χ1n) is 8.00. The topological polar surface area (TPSA) is 99.1 Å². The van der Waals surface area contributed by atoms with Crippen LogP contribution in [0.15, 0.2) is 24.3 Å². The van der Waals surface area contributed by atoms with E-state index in [2.05, 4.69) is 5.32 Å². The lowest BCUT2D eigenvalue weighted by Gasteiger charge is -2.33. The fraction of sp³-hybridized carbons (Fsp3) is 0.529. The predicted octanol–water partition coefficient (Wildman–Crippen LogP) is -0.0968. The number of hydrogen-bond acceptors (Lipinski definition) is 5. The summed E-state index contributed by atoms with van der Waals surface area (Å²) >= 11 is 0. The van der Waals surface area contributed by atoms with Crippen molar-refractivity contribution >= 4 is 11.8 Å². The van der Waals surface area contributed by atoms with Crippen molar-refractivity contribution in [3.63, 3.8) is 0 Å². The molecule has 0 radical (unpaired) electrons. The summed E-state index contributed by atoms with van der Waals surface area (Å²) in [5.74, 6) is 0.113. The van der Waals surface area contributed by atoms with Crippen LogP contribution in [0.5, 0.6) is 5.75 Å². The molecule has 1 unspecified atom stereocenters. The summed E-state index contributed by atoms with van der Waals surface area (Å²) in [7, 11) is 1.58. The molecule has 0 aliphatic carbocycles. The molecule has 1 atom stereocenters. The standard InChI is InChI=1S/C17H24N2O5/c1-24-15-5-3-2-4-12(15)8-19-9-13(6-7-16(19)22)17(23)18-14(10-20)11-21/h2-5,13-14,20-21H,6-11H2,1H3,(H,18,23). The van der Waals surface area contributed by atoms with Gasteiger partial charge >= 0.3 is 0 Å². The molecule has 1 aliphatic rings. The van der Waals surface area contributed by atoms with Gasteiger partial charge in [0, 0.05) is 25.1 Å². The number of rotatable bonds is 7. The summed E-state index contributed by atoms with van der Waals surface area (Å²) in [4.78, 5) is 26.1. The highest BCUT2D eigenvalue weighted by Gasteiger charge is 2.31. The molecule has 1 fully saturated rings. The van der Waals surface area contributed by atoms with Gasteiger partial charge in [-0.05, 0) is 12.5 Å². The fourth-order valence-electron chi connectivity index (χ4n) is 2.79. The van der Waals surface area contributed by atoms with Crippen LogP contribution in [0.2, 0.25) is 0 Å². The highest BCUT2D eigenvalue weighted by molar-refractivity contribution is 5.84. The van der Waals surface area contributed by atoms with Crippen molar-refractivity contribution in [1.82, 2.24) is 10.2 Å². The number of ether oxygens (including phenoxy) is 1. The number of para-hydroxylation sites is 1. The van der Waals surface area contributed by atoms with Gasteiger partial charge in [0.15, 0.2) is 0 Å². The lowest BCUT2D eigenvalue weighted by atomic mass is 9.95. The maximum Gasteiger partial charge on any atom is 0.225 e. The SMILES string of the molecule is COc1ccccc1CN1CC(C(=O)NC(CO)CO)CCC1=O. The van der Waals surface area contributed by atoms with Crippen LogP contribution in [-0.4, -0.2) is 59.8 Å². The molecular weight excluding hydrogens is 312 g/mol. The van der Waals surface area contributed by atoms with Crippen LogP contribution in [0, 0.1) is 5.92 Å². The Hall–Kier alpha value is -2.12. The Morgan fingerprint density at radius 1 is 1.38 bits per heavy atom. The van der Waals surface area contributed by atoms with Crippen LogP contribution < -0.4 is 10.1 Å². The third kappa shape index (κ3) is 4.46. The number of nitrogens with zero attached hydrogens (tertiary/aromatic N) is 1. The second kappa shape index (κ2) is 8.65. The van der Waals surface area contributed by atoms with Gasteiger partial charge in [-0.1, -0.05) is 18.2 Å². The second-order valence-electron chi connectivity index (χ2n) is 5.89. The number of carbonyl (C=O) groups is 2. The Morgan fingerprint density at radius 2 is 2.08 bits per heavy atom. The molecule has 0 aromatic heterocycles. The molecule has 0 spiro atoms. The molecule has 1 aromatic rings. The minimum atomic E-state index is -0.669.